The van der Waals surface area contributed by atoms with Gasteiger partial charge in [-0.3, -0.25) is 14.5 Å². The fourth-order valence-electron chi connectivity index (χ4n) is 5.17. The number of carbonyl (C=O) groups is 3. The highest BCUT2D eigenvalue weighted by Crippen LogP contribution is 2.38. The molecule has 5 atom stereocenters. The van der Waals surface area contributed by atoms with E-state index in [1.54, 1.807) is 29.2 Å². The summed E-state index contributed by atoms with van der Waals surface area (Å²) in [5, 5.41) is 18.3. The lowest BCUT2D eigenvalue weighted by Crippen LogP contribution is -2.56. The van der Waals surface area contributed by atoms with Crippen LogP contribution in [0.25, 0.3) is 0 Å². The molecule has 1 aromatic carbocycles. The van der Waals surface area contributed by atoms with Crippen LogP contribution in [0.5, 0.6) is 0 Å². The lowest BCUT2D eigenvalue weighted by molar-refractivity contribution is -0.141. The highest BCUT2D eigenvalue weighted by molar-refractivity contribution is 5.88. The minimum atomic E-state index is -0.980. The lowest BCUT2D eigenvalue weighted by Gasteiger charge is -2.38. The van der Waals surface area contributed by atoms with Crippen LogP contribution in [0.4, 0.5) is 0 Å². The molecule has 2 bridgehead atoms. The fraction of sp³-hybridized carbons (Fsp3) is 0.545. The zero-order chi connectivity index (χ0) is 22.3. The number of aromatic carboxylic acids is 1. The van der Waals surface area contributed by atoms with Crippen LogP contribution in [-0.2, 0) is 9.59 Å². The summed E-state index contributed by atoms with van der Waals surface area (Å²) in [6, 6.07) is 7.19. The Morgan fingerprint density at radius 3 is 2.65 bits per heavy atom. The molecule has 1 aromatic rings. The van der Waals surface area contributed by atoms with Gasteiger partial charge in [-0.25, -0.2) is 4.79 Å². The van der Waals surface area contributed by atoms with Gasteiger partial charge in [-0.2, -0.15) is 5.26 Å². The number of likely N-dealkylation sites (tertiary alicyclic amines) is 3. The number of piperazine rings is 1. The number of fused-ring (bicyclic) bond motifs is 2. The summed E-state index contributed by atoms with van der Waals surface area (Å²) in [5.74, 6) is -1.18. The Morgan fingerprint density at radius 1 is 1.32 bits per heavy atom. The van der Waals surface area contributed by atoms with E-state index in [-0.39, 0.29) is 35.5 Å². The van der Waals surface area contributed by atoms with E-state index in [0.717, 1.165) is 12.0 Å². The minimum Gasteiger partial charge on any atom is -0.478 e. The van der Waals surface area contributed by atoms with Crippen LogP contribution in [0.15, 0.2) is 24.3 Å². The van der Waals surface area contributed by atoms with Crippen molar-refractivity contribution in [3.8, 4) is 6.07 Å². The molecule has 4 rings (SSSR count). The van der Waals surface area contributed by atoms with Gasteiger partial charge in [0.15, 0.2) is 0 Å². The first-order valence-corrected chi connectivity index (χ1v) is 10.7. The Hall–Kier alpha value is -2.96. The van der Waals surface area contributed by atoms with Gasteiger partial charge in [0, 0.05) is 25.7 Å². The fourth-order valence-corrected chi connectivity index (χ4v) is 5.17. The van der Waals surface area contributed by atoms with Gasteiger partial charge in [0.25, 0.3) is 0 Å². The Kier molecular flexibility index (Phi) is 5.69. The van der Waals surface area contributed by atoms with E-state index < -0.39 is 18.1 Å². The minimum absolute atomic E-state index is 0.0155. The summed E-state index contributed by atoms with van der Waals surface area (Å²) in [7, 11) is 0. The summed E-state index contributed by atoms with van der Waals surface area (Å²) in [6.07, 6.45) is 2.19. The number of nitriles is 1. The van der Waals surface area contributed by atoms with Gasteiger partial charge in [0.2, 0.25) is 11.8 Å². The number of carboxylic acid groups (broad SMARTS) is 1. The molecular weight excluding hydrogens is 398 g/mol. The number of carboxylic acids is 1. The van der Waals surface area contributed by atoms with Crippen LogP contribution in [-0.4, -0.2) is 81.4 Å². The molecule has 3 fully saturated rings. The molecule has 0 spiro atoms. The molecule has 164 valence electrons. The van der Waals surface area contributed by atoms with Crippen molar-refractivity contribution in [1.82, 2.24) is 14.7 Å². The van der Waals surface area contributed by atoms with Crippen molar-refractivity contribution >= 4 is 17.8 Å². The maximum atomic E-state index is 13.1. The van der Waals surface area contributed by atoms with Crippen molar-refractivity contribution in [1.29, 1.82) is 5.26 Å². The van der Waals surface area contributed by atoms with Gasteiger partial charge in [0.1, 0.15) is 6.04 Å². The monoisotopic (exact) mass is 425 g/mol. The van der Waals surface area contributed by atoms with E-state index in [0.29, 0.717) is 32.5 Å². The molecule has 2 amide bonds. The van der Waals surface area contributed by atoms with E-state index in [1.165, 1.54) is 0 Å². The standard InChI is InChI=1S/C22H27N5O4/c1-13(14-4-6-15(7-5-14)22(30)31)27-17-9-19(21(27)29)25(11-17)12-18(24)20(28)26-8-2-3-16(26)10-23/h4-7,13,16-19H,2-3,8-9,11-12,24H2,1H3,(H,30,31)/t13-,16?,17-,18?,19?/m0/s1. The second kappa shape index (κ2) is 8.29. The zero-order valence-electron chi connectivity index (χ0n) is 17.5. The molecular formula is C22H27N5O4. The number of nitrogens with two attached hydrogens (primary N) is 1. The van der Waals surface area contributed by atoms with Crippen LogP contribution < -0.4 is 5.73 Å². The molecule has 3 heterocycles. The summed E-state index contributed by atoms with van der Waals surface area (Å²) >= 11 is 0. The van der Waals surface area contributed by atoms with Crippen molar-refractivity contribution in [2.24, 2.45) is 5.73 Å². The number of amides is 2. The summed E-state index contributed by atoms with van der Waals surface area (Å²) < 4.78 is 0. The van der Waals surface area contributed by atoms with Crippen molar-refractivity contribution in [3.63, 3.8) is 0 Å². The quantitative estimate of drug-likeness (QED) is 0.681. The van der Waals surface area contributed by atoms with E-state index >= 15 is 0 Å². The smallest absolute Gasteiger partial charge is 0.335 e. The Labute approximate surface area is 181 Å². The van der Waals surface area contributed by atoms with E-state index in [1.807, 2.05) is 16.7 Å². The molecule has 31 heavy (non-hydrogen) atoms. The van der Waals surface area contributed by atoms with Crippen LogP contribution in [0.1, 0.15) is 48.1 Å². The van der Waals surface area contributed by atoms with Gasteiger partial charge in [-0.15, -0.1) is 0 Å². The molecule has 3 aliphatic heterocycles. The first kappa shape index (κ1) is 21.3. The second-order valence-corrected chi connectivity index (χ2v) is 8.63. The molecule has 0 aromatic heterocycles. The third-order valence-electron chi connectivity index (χ3n) is 6.80. The zero-order valence-corrected chi connectivity index (χ0v) is 17.5. The number of carbonyl (C=O) groups excluding carboxylic acids is 2. The molecule has 3 unspecified atom stereocenters. The highest BCUT2D eigenvalue weighted by atomic mass is 16.4. The molecule has 0 saturated carbocycles. The number of rotatable bonds is 6. The van der Waals surface area contributed by atoms with E-state index in [2.05, 4.69) is 6.07 Å². The SMILES string of the molecule is C[C@@H](c1ccc(C(=O)O)cc1)N1C(=O)C2C[C@H]1CN2CC(N)C(=O)N1CCCC1C#N. The maximum absolute atomic E-state index is 13.1. The first-order chi connectivity index (χ1) is 14.8. The maximum Gasteiger partial charge on any atom is 0.335 e. The number of hydrogen-bond acceptors (Lipinski definition) is 6. The highest BCUT2D eigenvalue weighted by Gasteiger charge is 2.51. The van der Waals surface area contributed by atoms with Gasteiger partial charge in [-0.05, 0) is 43.9 Å². The van der Waals surface area contributed by atoms with Crippen LogP contribution in [0.2, 0.25) is 0 Å². The number of hydrogen-bond donors (Lipinski definition) is 2. The number of benzene rings is 1. The molecule has 3 N–H and O–H groups in total. The lowest BCUT2D eigenvalue weighted by atomic mass is 10.0. The third-order valence-corrected chi connectivity index (χ3v) is 6.80. The second-order valence-electron chi connectivity index (χ2n) is 8.63. The summed E-state index contributed by atoms with van der Waals surface area (Å²) in [5.41, 5.74) is 7.28. The van der Waals surface area contributed by atoms with E-state index in [9.17, 15) is 19.6 Å². The molecule has 3 saturated heterocycles. The largest absolute Gasteiger partial charge is 0.478 e. The van der Waals surface area contributed by atoms with Crippen molar-refractivity contribution in [2.45, 2.75) is 56.4 Å². The summed E-state index contributed by atoms with van der Waals surface area (Å²) in [6.45, 7) is 3.46. The molecule has 9 heteroatoms. The third kappa shape index (κ3) is 3.77. The predicted molar refractivity (Wildman–Crippen MR) is 111 cm³/mol. The molecule has 9 nitrogen and oxygen atoms in total. The number of nitrogens with zero attached hydrogens (tertiary/aromatic N) is 4. The molecule has 0 radical (unpaired) electrons. The molecule has 3 aliphatic rings. The van der Waals surface area contributed by atoms with Gasteiger partial charge in [0.05, 0.1) is 29.8 Å². The van der Waals surface area contributed by atoms with Crippen molar-refractivity contribution in [2.75, 3.05) is 19.6 Å². The average Bonchev–Trinajstić information content (AvgIpc) is 3.47. The summed E-state index contributed by atoms with van der Waals surface area (Å²) in [4.78, 5) is 42.3. The van der Waals surface area contributed by atoms with Crippen molar-refractivity contribution < 1.29 is 19.5 Å². The first-order valence-electron chi connectivity index (χ1n) is 10.7. The van der Waals surface area contributed by atoms with Crippen LogP contribution in [0.3, 0.4) is 0 Å². The van der Waals surface area contributed by atoms with Gasteiger partial charge >= 0.3 is 5.97 Å². The van der Waals surface area contributed by atoms with Crippen molar-refractivity contribution in [3.05, 3.63) is 35.4 Å². The molecule has 0 aliphatic carbocycles. The Morgan fingerprint density at radius 2 is 2.03 bits per heavy atom. The van der Waals surface area contributed by atoms with Gasteiger partial charge in [-0.1, -0.05) is 12.1 Å². The van der Waals surface area contributed by atoms with Gasteiger partial charge < -0.3 is 20.6 Å². The average molecular weight is 425 g/mol. The van der Waals surface area contributed by atoms with Crippen LogP contribution in [0, 0.1) is 11.3 Å². The van der Waals surface area contributed by atoms with Crippen LogP contribution >= 0.6 is 0 Å². The Balaban J connectivity index is 1.39. The topological polar surface area (TPSA) is 131 Å². The Bertz CT molecular complexity index is 927. The van der Waals surface area contributed by atoms with E-state index in [4.69, 9.17) is 10.8 Å². The predicted octanol–water partition coefficient (Wildman–Crippen LogP) is 0.573. The normalized spacial score (nSPS) is 27.4.